The summed E-state index contributed by atoms with van der Waals surface area (Å²) < 4.78 is 5.29. The highest BCUT2D eigenvalue weighted by Gasteiger charge is 2.27. The minimum absolute atomic E-state index is 0. The second-order valence-electron chi connectivity index (χ2n) is 4.43. The van der Waals surface area contributed by atoms with Gasteiger partial charge in [0.1, 0.15) is 0 Å². The Balaban J connectivity index is 0.00000225. The first-order valence-corrected chi connectivity index (χ1v) is 5.63. The fraction of sp³-hybridized carbons (Fsp3) is 0.909. The Morgan fingerprint density at radius 1 is 1.50 bits per heavy atom. The molecule has 1 heterocycles. The summed E-state index contributed by atoms with van der Waals surface area (Å²) in [6, 6.07) is -0.0829. The Bertz CT molecular complexity index is 224. The molecule has 0 aromatic carbocycles. The number of carbonyl (C=O) groups is 1. The van der Waals surface area contributed by atoms with Gasteiger partial charge >= 0.3 is 0 Å². The van der Waals surface area contributed by atoms with E-state index in [1.54, 1.807) is 7.11 Å². The molecular weight excluding hydrogens is 228 g/mol. The molecule has 0 spiro atoms. The highest BCUT2D eigenvalue weighted by molar-refractivity contribution is 5.85. The van der Waals surface area contributed by atoms with Crippen molar-refractivity contribution in [1.82, 2.24) is 4.90 Å². The first-order chi connectivity index (χ1) is 7.06. The van der Waals surface area contributed by atoms with Gasteiger partial charge in [0, 0.05) is 26.2 Å². The number of carbonyl (C=O) groups excluding carboxylic acids is 1. The summed E-state index contributed by atoms with van der Waals surface area (Å²) in [5, 5.41) is 0. The predicted octanol–water partition coefficient (Wildman–Crippen LogP) is 1.03. The van der Waals surface area contributed by atoms with Crippen LogP contribution in [0.15, 0.2) is 0 Å². The first kappa shape index (κ1) is 15.7. The zero-order valence-corrected chi connectivity index (χ0v) is 11.1. The van der Waals surface area contributed by atoms with E-state index in [9.17, 15) is 4.79 Å². The number of hydrogen-bond acceptors (Lipinski definition) is 3. The number of nitrogens with two attached hydrogens (primary N) is 1. The predicted molar refractivity (Wildman–Crippen MR) is 66.7 cm³/mol. The fourth-order valence-electron chi connectivity index (χ4n) is 1.84. The summed E-state index contributed by atoms with van der Waals surface area (Å²) in [5.74, 6) is 0.0624. The van der Waals surface area contributed by atoms with E-state index in [1.165, 1.54) is 0 Å². The zero-order chi connectivity index (χ0) is 11.4. The van der Waals surface area contributed by atoms with Gasteiger partial charge in [0.15, 0.2) is 0 Å². The van der Waals surface area contributed by atoms with Crippen molar-refractivity contribution in [3.8, 4) is 0 Å². The number of halogens is 1. The molecule has 5 heteroatoms. The van der Waals surface area contributed by atoms with E-state index in [1.807, 2.05) is 18.7 Å². The molecule has 1 amide bonds. The second kappa shape index (κ2) is 7.09. The van der Waals surface area contributed by atoms with Gasteiger partial charge in [0.05, 0.1) is 12.0 Å². The largest absolute Gasteiger partial charge is 0.380 e. The van der Waals surface area contributed by atoms with Gasteiger partial charge in [-0.2, -0.15) is 0 Å². The number of ether oxygens (including phenoxy) is 1. The Morgan fingerprint density at radius 3 is 2.62 bits per heavy atom. The minimum atomic E-state index is -0.0967. The molecule has 4 nitrogen and oxygen atoms in total. The van der Waals surface area contributed by atoms with E-state index in [0.717, 1.165) is 19.4 Å². The van der Waals surface area contributed by atoms with E-state index in [4.69, 9.17) is 10.5 Å². The lowest BCUT2D eigenvalue weighted by atomic mass is 10.0. The third-order valence-electron chi connectivity index (χ3n) is 3.20. The highest BCUT2D eigenvalue weighted by atomic mass is 35.5. The molecule has 1 saturated heterocycles. The van der Waals surface area contributed by atoms with Crippen LogP contribution in [0.2, 0.25) is 0 Å². The van der Waals surface area contributed by atoms with Crippen LogP contribution in [0.1, 0.15) is 26.7 Å². The van der Waals surface area contributed by atoms with Crippen LogP contribution in [0.3, 0.4) is 0 Å². The monoisotopic (exact) mass is 250 g/mol. The minimum Gasteiger partial charge on any atom is -0.380 e. The topological polar surface area (TPSA) is 55.6 Å². The summed E-state index contributed by atoms with van der Waals surface area (Å²) in [4.78, 5) is 13.9. The molecule has 1 rings (SSSR count). The number of piperidine rings is 1. The average Bonchev–Trinajstić information content (AvgIpc) is 2.27. The number of hydrogen-bond donors (Lipinski definition) is 1. The van der Waals surface area contributed by atoms with Gasteiger partial charge in [0.25, 0.3) is 0 Å². The van der Waals surface area contributed by atoms with Gasteiger partial charge in [-0.3, -0.25) is 4.79 Å². The molecule has 0 bridgehead atoms. The van der Waals surface area contributed by atoms with Gasteiger partial charge in [-0.15, -0.1) is 12.4 Å². The quantitative estimate of drug-likeness (QED) is 0.814. The van der Waals surface area contributed by atoms with Crippen LogP contribution >= 0.6 is 12.4 Å². The molecule has 3 unspecified atom stereocenters. The number of rotatable bonds is 3. The number of likely N-dealkylation sites (tertiary alicyclic amines) is 1. The SMILES string of the molecule is COC1CCCN(C(=O)C(C)C(C)N)C1.Cl. The van der Waals surface area contributed by atoms with Crippen molar-refractivity contribution >= 4 is 18.3 Å². The van der Waals surface area contributed by atoms with Gasteiger partial charge in [0.2, 0.25) is 5.91 Å². The molecule has 3 atom stereocenters. The van der Waals surface area contributed by atoms with Crippen molar-refractivity contribution in [2.75, 3.05) is 20.2 Å². The maximum atomic E-state index is 12.0. The molecule has 1 aliphatic rings. The second-order valence-corrected chi connectivity index (χ2v) is 4.43. The average molecular weight is 251 g/mol. The molecule has 0 aromatic rings. The summed E-state index contributed by atoms with van der Waals surface area (Å²) in [6.45, 7) is 5.33. The third kappa shape index (κ3) is 3.92. The lowest BCUT2D eigenvalue weighted by Crippen LogP contribution is -2.47. The molecule has 96 valence electrons. The van der Waals surface area contributed by atoms with Crippen molar-refractivity contribution in [2.45, 2.75) is 38.8 Å². The smallest absolute Gasteiger partial charge is 0.227 e. The first-order valence-electron chi connectivity index (χ1n) is 5.63. The van der Waals surface area contributed by atoms with Gasteiger partial charge < -0.3 is 15.4 Å². The van der Waals surface area contributed by atoms with Crippen molar-refractivity contribution in [3.05, 3.63) is 0 Å². The molecule has 2 N–H and O–H groups in total. The molecule has 0 saturated carbocycles. The van der Waals surface area contributed by atoms with Gasteiger partial charge in [-0.05, 0) is 19.8 Å². The van der Waals surface area contributed by atoms with Crippen LogP contribution in [0.4, 0.5) is 0 Å². The Hall–Kier alpha value is -0.320. The maximum Gasteiger partial charge on any atom is 0.227 e. The Kier molecular flexibility index (Phi) is 6.95. The number of nitrogens with zero attached hydrogens (tertiary/aromatic N) is 1. The lowest BCUT2D eigenvalue weighted by molar-refractivity contribution is -0.139. The van der Waals surface area contributed by atoms with Crippen molar-refractivity contribution < 1.29 is 9.53 Å². The summed E-state index contributed by atoms with van der Waals surface area (Å²) in [5.41, 5.74) is 5.73. The third-order valence-corrected chi connectivity index (χ3v) is 3.20. The lowest BCUT2D eigenvalue weighted by Gasteiger charge is -2.34. The van der Waals surface area contributed by atoms with Crippen molar-refractivity contribution in [1.29, 1.82) is 0 Å². The van der Waals surface area contributed by atoms with Gasteiger partial charge in [-0.25, -0.2) is 0 Å². The van der Waals surface area contributed by atoms with Crippen LogP contribution in [-0.4, -0.2) is 43.2 Å². The van der Waals surface area contributed by atoms with Crippen LogP contribution in [0.25, 0.3) is 0 Å². The molecule has 0 radical (unpaired) electrons. The van der Waals surface area contributed by atoms with E-state index in [-0.39, 0.29) is 36.4 Å². The standard InChI is InChI=1S/C11H22N2O2.ClH/c1-8(9(2)12)11(14)13-6-4-5-10(7-13)15-3;/h8-10H,4-7,12H2,1-3H3;1H. The number of amides is 1. The van der Waals surface area contributed by atoms with Gasteiger partial charge in [-0.1, -0.05) is 6.92 Å². The maximum absolute atomic E-state index is 12.0. The van der Waals surface area contributed by atoms with Crippen LogP contribution in [0, 0.1) is 5.92 Å². The van der Waals surface area contributed by atoms with Crippen LogP contribution in [0.5, 0.6) is 0 Å². The molecule has 1 aliphatic heterocycles. The zero-order valence-electron chi connectivity index (χ0n) is 10.3. The molecule has 1 fully saturated rings. The van der Waals surface area contributed by atoms with Crippen molar-refractivity contribution in [2.24, 2.45) is 11.7 Å². The molecular formula is C11H23ClN2O2. The van der Waals surface area contributed by atoms with E-state index < -0.39 is 0 Å². The summed E-state index contributed by atoms with van der Waals surface area (Å²) >= 11 is 0. The highest BCUT2D eigenvalue weighted by Crippen LogP contribution is 2.15. The molecule has 0 aliphatic carbocycles. The van der Waals surface area contributed by atoms with E-state index >= 15 is 0 Å². The number of methoxy groups -OCH3 is 1. The summed E-state index contributed by atoms with van der Waals surface area (Å²) in [6.07, 6.45) is 2.27. The van der Waals surface area contributed by atoms with Crippen molar-refractivity contribution in [3.63, 3.8) is 0 Å². The fourth-order valence-corrected chi connectivity index (χ4v) is 1.84. The Labute approximate surface area is 104 Å². The molecule has 16 heavy (non-hydrogen) atoms. The molecule has 0 aromatic heterocycles. The summed E-state index contributed by atoms with van der Waals surface area (Å²) in [7, 11) is 1.70. The Morgan fingerprint density at radius 2 is 2.12 bits per heavy atom. The van der Waals surface area contributed by atoms with Crippen LogP contribution in [-0.2, 0) is 9.53 Å². The van der Waals surface area contributed by atoms with E-state index in [0.29, 0.717) is 6.54 Å². The van der Waals surface area contributed by atoms with E-state index in [2.05, 4.69) is 0 Å². The normalized spacial score (nSPS) is 24.5. The van der Waals surface area contributed by atoms with Crippen LogP contribution < -0.4 is 5.73 Å².